The molecule has 3 rings (SSSR count). The standard InChI is InChI=1S/C21H21N3O2/c1-2-26-20-11-9-19(10-12-20)22-15-21(25)24-23-14-16-7-8-17-5-3-4-6-18(17)13-16/h3-14,22H,2,15H2,1H3,(H,24,25). The van der Waals surface area contributed by atoms with E-state index in [1.165, 1.54) is 5.39 Å². The highest BCUT2D eigenvalue weighted by Gasteiger charge is 2.00. The number of hydrazone groups is 1. The number of benzene rings is 3. The number of carbonyl (C=O) groups is 1. The Labute approximate surface area is 152 Å². The summed E-state index contributed by atoms with van der Waals surface area (Å²) in [6, 6.07) is 21.6. The van der Waals surface area contributed by atoms with Crippen molar-refractivity contribution in [3.05, 3.63) is 72.3 Å². The summed E-state index contributed by atoms with van der Waals surface area (Å²) < 4.78 is 5.38. The molecule has 1 amide bonds. The highest BCUT2D eigenvalue weighted by Crippen LogP contribution is 2.15. The first-order valence-corrected chi connectivity index (χ1v) is 8.52. The van der Waals surface area contributed by atoms with Crippen LogP contribution in [0.3, 0.4) is 0 Å². The lowest BCUT2D eigenvalue weighted by Gasteiger charge is -2.07. The monoisotopic (exact) mass is 347 g/mol. The molecular formula is C21H21N3O2. The van der Waals surface area contributed by atoms with Crippen LogP contribution >= 0.6 is 0 Å². The summed E-state index contributed by atoms with van der Waals surface area (Å²) in [6.07, 6.45) is 1.64. The molecule has 0 heterocycles. The molecule has 0 aliphatic carbocycles. The Kier molecular flexibility index (Phi) is 5.83. The number of hydrogen-bond donors (Lipinski definition) is 2. The van der Waals surface area contributed by atoms with Gasteiger partial charge in [-0.15, -0.1) is 0 Å². The molecule has 0 aliphatic heterocycles. The third kappa shape index (κ3) is 4.83. The molecule has 0 saturated carbocycles. The zero-order chi connectivity index (χ0) is 18.2. The van der Waals surface area contributed by atoms with Crippen molar-refractivity contribution in [1.82, 2.24) is 5.43 Å². The fraction of sp³-hybridized carbons (Fsp3) is 0.143. The van der Waals surface area contributed by atoms with Crippen molar-refractivity contribution < 1.29 is 9.53 Å². The highest BCUT2D eigenvalue weighted by atomic mass is 16.5. The van der Waals surface area contributed by atoms with Gasteiger partial charge in [0.05, 0.1) is 19.4 Å². The van der Waals surface area contributed by atoms with Gasteiger partial charge in [-0.05, 0) is 53.6 Å². The number of anilines is 1. The number of ether oxygens (including phenoxy) is 1. The van der Waals surface area contributed by atoms with Gasteiger partial charge in [0.25, 0.3) is 5.91 Å². The van der Waals surface area contributed by atoms with Gasteiger partial charge in [-0.1, -0.05) is 36.4 Å². The van der Waals surface area contributed by atoms with E-state index in [9.17, 15) is 4.79 Å². The molecule has 0 saturated heterocycles. The fourth-order valence-electron chi connectivity index (χ4n) is 2.52. The first-order valence-electron chi connectivity index (χ1n) is 8.52. The van der Waals surface area contributed by atoms with Crippen molar-refractivity contribution in [2.75, 3.05) is 18.5 Å². The Balaban J connectivity index is 1.49. The van der Waals surface area contributed by atoms with Crippen LogP contribution in [0.5, 0.6) is 5.75 Å². The van der Waals surface area contributed by atoms with Crippen molar-refractivity contribution in [3.8, 4) is 5.75 Å². The molecule has 0 radical (unpaired) electrons. The molecule has 0 unspecified atom stereocenters. The molecule has 3 aromatic carbocycles. The van der Waals surface area contributed by atoms with Gasteiger partial charge in [0.2, 0.25) is 0 Å². The SMILES string of the molecule is CCOc1ccc(NCC(=O)NN=Cc2ccc3ccccc3c2)cc1. The number of hydrogen-bond acceptors (Lipinski definition) is 4. The maximum absolute atomic E-state index is 11.9. The van der Waals surface area contributed by atoms with E-state index in [0.717, 1.165) is 22.4 Å². The number of amides is 1. The third-order valence-corrected chi connectivity index (χ3v) is 3.79. The summed E-state index contributed by atoms with van der Waals surface area (Å²) >= 11 is 0. The molecule has 26 heavy (non-hydrogen) atoms. The van der Waals surface area contributed by atoms with Crippen LogP contribution in [0.1, 0.15) is 12.5 Å². The molecule has 3 aromatic rings. The molecule has 0 atom stereocenters. The minimum Gasteiger partial charge on any atom is -0.494 e. The van der Waals surface area contributed by atoms with Crippen molar-refractivity contribution in [2.45, 2.75) is 6.92 Å². The minimum atomic E-state index is -0.212. The van der Waals surface area contributed by atoms with E-state index in [0.29, 0.717) is 6.61 Å². The predicted octanol–water partition coefficient (Wildman–Crippen LogP) is 3.80. The molecule has 0 bridgehead atoms. The summed E-state index contributed by atoms with van der Waals surface area (Å²) in [7, 11) is 0. The van der Waals surface area contributed by atoms with E-state index in [-0.39, 0.29) is 12.5 Å². The molecule has 132 valence electrons. The quantitative estimate of drug-likeness (QED) is 0.505. The summed E-state index contributed by atoms with van der Waals surface area (Å²) in [5.41, 5.74) is 4.31. The van der Waals surface area contributed by atoms with Gasteiger partial charge in [-0.25, -0.2) is 5.43 Å². The zero-order valence-corrected chi connectivity index (χ0v) is 14.6. The number of fused-ring (bicyclic) bond motifs is 1. The maximum atomic E-state index is 11.9. The Morgan fingerprint density at radius 1 is 1.04 bits per heavy atom. The van der Waals surface area contributed by atoms with Crippen LogP contribution in [0.2, 0.25) is 0 Å². The molecule has 5 heteroatoms. The van der Waals surface area contributed by atoms with Crippen LogP contribution in [0, 0.1) is 0 Å². The Morgan fingerprint density at radius 3 is 2.58 bits per heavy atom. The highest BCUT2D eigenvalue weighted by molar-refractivity contribution is 5.91. The van der Waals surface area contributed by atoms with Gasteiger partial charge >= 0.3 is 0 Å². The molecule has 5 nitrogen and oxygen atoms in total. The lowest BCUT2D eigenvalue weighted by atomic mass is 10.1. The van der Waals surface area contributed by atoms with Crippen molar-refractivity contribution in [3.63, 3.8) is 0 Å². The van der Waals surface area contributed by atoms with Crippen LogP contribution in [0.25, 0.3) is 10.8 Å². The van der Waals surface area contributed by atoms with Gasteiger partial charge < -0.3 is 10.1 Å². The molecule has 0 fully saturated rings. The third-order valence-electron chi connectivity index (χ3n) is 3.79. The first kappa shape index (κ1) is 17.5. The largest absolute Gasteiger partial charge is 0.494 e. The number of nitrogens with zero attached hydrogens (tertiary/aromatic N) is 1. The van der Waals surface area contributed by atoms with E-state index in [4.69, 9.17) is 4.74 Å². The Hall–Kier alpha value is -3.34. The van der Waals surface area contributed by atoms with Gasteiger partial charge in [0.15, 0.2) is 0 Å². The lowest BCUT2D eigenvalue weighted by Crippen LogP contribution is -2.25. The van der Waals surface area contributed by atoms with Gasteiger partial charge in [-0.2, -0.15) is 5.10 Å². The van der Waals surface area contributed by atoms with Gasteiger partial charge in [0.1, 0.15) is 5.75 Å². The van der Waals surface area contributed by atoms with E-state index in [1.807, 2.05) is 67.6 Å². The number of carbonyl (C=O) groups excluding carboxylic acids is 1. The minimum absolute atomic E-state index is 0.142. The van der Waals surface area contributed by atoms with Crippen LogP contribution in [0.4, 0.5) is 5.69 Å². The molecule has 0 spiro atoms. The summed E-state index contributed by atoms with van der Waals surface area (Å²) in [4.78, 5) is 11.9. The summed E-state index contributed by atoms with van der Waals surface area (Å²) in [5, 5.41) is 9.37. The normalized spacial score (nSPS) is 10.8. The first-order chi connectivity index (χ1) is 12.7. The molecule has 2 N–H and O–H groups in total. The smallest absolute Gasteiger partial charge is 0.259 e. The fourth-order valence-corrected chi connectivity index (χ4v) is 2.52. The van der Waals surface area contributed by atoms with Crippen molar-refractivity contribution >= 4 is 28.6 Å². The van der Waals surface area contributed by atoms with E-state index in [2.05, 4.69) is 21.9 Å². The van der Waals surface area contributed by atoms with E-state index >= 15 is 0 Å². The van der Waals surface area contributed by atoms with Gasteiger partial charge in [-0.3, -0.25) is 4.79 Å². The van der Waals surface area contributed by atoms with Crippen LogP contribution in [0.15, 0.2) is 71.8 Å². The van der Waals surface area contributed by atoms with Crippen molar-refractivity contribution in [2.24, 2.45) is 5.10 Å². The molecule has 0 aliphatic rings. The van der Waals surface area contributed by atoms with Crippen LogP contribution in [-0.2, 0) is 4.79 Å². The van der Waals surface area contributed by atoms with Crippen molar-refractivity contribution in [1.29, 1.82) is 0 Å². The maximum Gasteiger partial charge on any atom is 0.259 e. The summed E-state index contributed by atoms with van der Waals surface area (Å²) in [5.74, 6) is 0.596. The summed E-state index contributed by atoms with van der Waals surface area (Å²) in [6.45, 7) is 2.71. The van der Waals surface area contributed by atoms with Crippen LogP contribution in [-0.4, -0.2) is 25.3 Å². The number of nitrogens with one attached hydrogen (secondary N) is 2. The number of rotatable bonds is 7. The Morgan fingerprint density at radius 2 is 1.81 bits per heavy atom. The van der Waals surface area contributed by atoms with E-state index < -0.39 is 0 Å². The van der Waals surface area contributed by atoms with Gasteiger partial charge in [0, 0.05) is 5.69 Å². The zero-order valence-electron chi connectivity index (χ0n) is 14.6. The van der Waals surface area contributed by atoms with Crippen LogP contribution < -0.4 is 15.5 Å². The average molecular weight is 347 g/mol. The topological polar surface area (TPSA) is 62.7 Å². The van der Waals surface area contributed by atoms with E-state index in [1.54, 1.807) is 6.21 Å². The lowest BCUT2D eigenvalue weighted by molar-refractivity contribution is -0.119. The second-order valence-corrected chi connectivity index (χ2v) is 5.71. The Bertz CT molecular complexity index is 905. The second-order valence-electron chi connectivity index (χ2n) is 5.71. The average Bonchev–Trinajstić information content (AvgIpc) is 2.67. The molecular weight excluding hydrogens is 326 g/mol. The second kappa shape index (κ2) is 8.67. The predicted molar refractivity (Wildman–Crippen MR) is 106 cm³/mol. The molecule has 0 aromatic heterocycles.